The Kier molecular flexibility index (Phi) is 4.48. The molecule has 0 saturated carbocycles. The largest absolute Gasteiger partial charge is 0.347 e. The highest BCUT2D eigenvalue weighted by Gasteiger charge is 2.29. The zero-order valence-electron chi connectivity index (χ0n) is 11.5. The van der Waals surface area contributed by atoms with Crippen LogP contribution in [0.15, 0.2) is 24.3 Å². The highest BCUT2D eigenvalue weighted by Crippen LogP contribution is 2.28. The van der Waals surface area contributed by atoms with Crippen molar-refractivity contribution in [3.63, 3.8) is 0 Å². The molecule has 1 heterocycles. The maximum atomic E-state index is 12.3. The average molecular weight is 281 g/mol. The van der Waals surface area contributed by atoms with Gasteiger partial charge in [0.2, 0.25) is 5.91 Å². The minimum atomic E-state index is -0.452. The molecule has 3 nitrogen and oxygen atoms in total. The lowest BCUT2D eigenvalue weighted by molar-refractivity contribution is -0.127. The number of carbonyl (C=O) groups excluding carboxylic acids is 1. The highest BCUT2D eigenvalue weighted by atomic mass is 35.5. The Morgan fingerprint density at radius 2 is 2.16 bits per heavy atom. The van der Waals surface area contributed by atoms with Gasteiger partial charge in [-0.1, -0.05) is 29.8 Å². The summed E-state index contributed by atoms with van der Waals surface area (Å²) >= 11 is 6.21. The van der Waals surface area contributed by atoms with E-state index in [1.54, 1.807) is 0 Å². The van der Waals surface area contributed by atoms with E-state index >= 15 is 0 Å². The number of halogens is 1. The van der Waals surface area contributed by atoms with Gasteiger partial charge < -0.3 is 10.6 Å². The van der Waals surface area contributed by atoms with Gasteiger partial charge in [-0.15, -0.1) is 0 Å². The van der Waals surface area contributed by atoms with Gasteiger partial charge in [-0.25, -0.2) is 0 Å². The third kappa shape index (κ3) is 3.48. The molecule has 1 saturated heterocycles. The number of rotatable bonds is 3. The van der Waals surface area contributed by atoms with Crippen LogP contribution in [0.25, 0.3) is 0 Å². The summed E-state index contributed by atoms with van der Waals surface area (Å²) in [6.07, 6.45) is 2.02. The van der Waals surface area contributed by atoms with E-state index in [9.17, 15) is 4.79 Å². The second-order valence-electron chi connectivity index (χ2n) is 5.64. The highest BCUT2D eigenvalue weighted by molar-refractivity contribution is 6.31. The first kappa shape index (κ1) is 14.4. The van der Waals surface area contributed by atoms with E-state index < -0.39 is 5.54 Å². The minimum Gasteiger partial charge on any atom is -0.347 e. The first-order valence-corrected chi connectivity index (χ1v) is 7.16. The van der Waals surface area contributed by atoms with Crippen LogP contribution in [0.1, 0.15) is 32.3 Å². The van der Waals surface area contributed by atoms with Gasteiger partial charge in [-0.05, 0) is 44.9 Å². The predicted molar refractivity (Wildman–Crippen MR) is 78.2 cm³/mol. The summed E-state index contributed by atoms with van der Waals surface area (Å²) in [6, 6.07) is 7.65. The number of hydrogen-bond donors (Lipinski definition) is 2. The van der Waals surface area contributed by atoms with Crippen molar-refractivity contribution in [1.29, 1.82) is 0 Å². The van der Waals surface area contributed by atoms with Crippen molar-refractivity contribution in [1.82, 2.24) is 10.6 Å². The molecule has 1 aromatic carbocycles. The van der Waals surface area contributed by atoms with Gasteiger partial charge in [0.15, 0.2) is 0 Å². The Morgan fingerprint density at radius 3 is 2.79 bits per heavy atom. The Labute approximate surface area is 119 Å². The van der Waals surface area contributed by atoms with Gasteiger partial charge >= 0.3 is 0 Å². The van der Waals surface area contributed by atoms with Gasteiger partial charge in [0.25, 0.3) is 0 Å². The van der Waals surface area contributed by atoms with E-state index in [-0.39, 0.29) is 11.8 Å². The number of nitrogens with one attached hydrogen (secondary N) is 2. The lowest BCUT2D eigenvalue weighted by atomic mass is 9.91. The molecule has 0 aromatic heterocycles. The predicted octanol–water partition coefficient (Wildman–Crippen LogP) is 2.69. The smallest absolute Gasteiger partial charge is 0.225 e. The van der Waals surface area contributed by atoms with Gasteiger partial charge in [0.05, 0.1) is 11.5 Å². The zero-order valence-corrected chi connectivity index (χ0v) is 12.3. The minimum absolute atomic E-state index is 0.0653. The monoisotopic (exact) mass is 280 g/mol. The molecular formula is C15H21ClN2O. The van der Waals surface area contributed by atoms with Crippen molar-refractivity contribution >= 4 is 17.5 Å². The normalized spacial score (nSPS) is 20.1. The van der Waals surface area contributed by atoms with Crippen LogP contribution in [0, 0.1) is 5.92 Å². The molecule has 1 fully saturated rings. The molecule has 1 amide bonds. The molecule has 2 rings (SSSR count). The van der Waals surface area contributed by atoms with Crippen molar-refractivity contribution in [3.05, 3.63) is 34.9 Å². The van der Waals surface area contributed by atoms with Crippen LogP contribution in [0.2, 0.25) is 5.02 Å². The van der Waals surface area contributed by atoms with E-state index in [2.05, 4.69) is 10.6 Å². The van der Waals surface area contributed by atoms with E-state index in [0.717, 1.165) is 31.5 Å². The SMILES string of the molecule is CC(C)(NC(=O)[C@H]1CCCNC1)c1ccccc1Cl. The van der Waals surface area contributed by atoms with Crippen molar-refractivity contribution < 1.29 is 4.79 Å². The summed E-state index contributed by atoms with van der Waals surface area (Å²) in [5.74, 6) is 0.174. The Hall–Kier alpha value is -1.06. The summed E-state index contributed by atoms with van der Waals surface area (Å²) in [4.78, 5) is 12.3. The third-order valence-corrected chi connectivity index (χ3v) is 3.98. The maximum absolute atomic E-state index is 12.3. The van der Waals surface area contributed by atoms with Crippen molar-refractivity contribution in [2.75, 3.05) is 13.1 Å². The van der Waals surface area contributed by atoms with Crippen LogP contribution in [0.3, 0.4) is 0 Å². The summed E-state index contributed by atoms with van der Waals surface area (Å²) in [5.41, 5.74) is 0.501. The molecule has 1 aromatic rings. The fraction of sp³-hybridized carbons (Fsp3) is 0.533. The first-order chi connectivity index (χ1) is 9.00. The molecule has 1 aliphatic heterocycles. The zero-order chi connectivity index (χ0) is 13.9. The number of benzene rings is 1. The molecule has 0 bridgehead atoms. The van der Waals surface area contributed by atoms with Crippen LogP contribution < -0.4 is 10.6 Å². The van der Waals surface area contributed by atoms with Crippen LogP contribution in [0.5, 0.6) is 0 Å². The van der Waals surface area contributed by atoms with Crippen molar-refractivity contribution in [3.8, 4) is 0 Å². The molecule has 1 aliphatic rings. The Balaban J connectivity index is 2.08. The van der Waals surface area contributed by atoms with Crippen molar-refractivity contribution in [2.24, 2.45) is 5.92 Å². The first-order valence-electron chi connectivity index (χ1n) is 6.78. The fourth-order valence-corrected chi connectivity index (χ4v) is 2.89. The van der Waals surface area contributed by atoms with Gasteiger partial charge in [0, 0.05) is 11.6 Å². The van der Waals surface area contributed by atoms with Gasteiger partial charge in [0.1, 0.15) is 0 Å². The number of piperidine rings is 1. The average Bonchev–Trinajstić information content (AvgIpc) is 2.39. The lowest BCUT2D eigenvalue weighted by Gasteiger charge is -2.31. The lowest BCUT2D eigenvalue weighted by Crippen LogP contribution is -2.47. The molecular weight excluding hydrogens is 260 g/mol. The number of carbonyl (C=O) groups is 1. The molecule has 0 unspecified atom stereocenters. The van der Waals surface area contributed by atoms with E-state index in [1.165, 1.54) is 0 Å². The summed E-state index contributed by atoms with van der Waals surface area (Å²) in [5, 5.41) is 7.07. The quantitative estimate of drug-likeness (QED) is 0.894. The van der Waals surface area contributed by atoms with Crippen molar-refractivity contribution in [2.45, 2.75) is 32.2 Å². The van der Waals surface area contributed by atoms with Crippen LogP contribution >= 0.6 is 11.6 Å². The number of amides is 1. The molecule has 0 aliphatic carbocycles. The van der Waals surface area contributed by atoms with Crippen LogP contribution in [-0.4, -0.2) is 19.0 Å². The molecule has 2 N–H and O–H groups in total. The Morgan fingerprint density at radius 1 is 1.42 bits per heavy atom. The summed E-state index contributed by atoms with van der Waals surface area (Å²) in [6.45, 7) is 5.76. The maximum Gasteiger partial charge on any atom is 0.225 e. The number of hydrogen-bond acceptors (Lipinski definition) is 2. The van der Waals surface area contributed by atoms with Gasteiger partial charge in [-0.3, -0.25) is 4.79 Å². The molecule has 1 atom stereocenters. The molecule has 0 radical (unpaired) electrons. The fourth-order valence-electron chi connectivity index (χ4n) is 2.52. The second-order valence-corrected chi connectivity index (χ2v) is 6.04. The molecule has 4 heteroatoms. The molecule has 104 valence electrons. The van der Waals surface area contributed by atoms with Crippen LogP contribution in [-0.2, 0) is 10.3 Å². The van der Waals surface area contributed by atoms with Crippen LogP contribution in [0.4, 0.5) is 0 Å². The summed E-state index contributed by atoms with van der Waals surface area (Å²) in [7, 11) is 0. The van der Waals surface area contributed by atoms with E-state index in [4.69, 9.17) is 11.6 Å². The van der Waals surface area contributed by atoms with E-state index in [0.29, 0.717) is 5.02 Å². The second kappa shape index (κ2) is 5.93. The third-order valence-electron chi connectivity index (χ3n) is 3.65. The standard InChI is InChI=1S/C15H21ClN2O/c1-15(2,12-7-3-4-8-13(12)16)18-14(19)11-6-5-9-17-10-11/h3-4,7-8,11,17H,5-6,9-10H2,1-2H3,(H,18,19)/t11-/m0/s1. The van der Waals surface area contributed by atoms with E-state index in [1.807, 2.05) is 38.1 Å². The molecule has 0 spiro atoms. The molecule has 19 heavy (non-hydrogen) atoms. The van der Waals surface area contributed by atoms with Gasteiger partial charge in [-0.2, -0.15) is 0 Å². The Bertz CT molecular complexity index is 453. The topological polar surface area (TPSA) is 41.1 Å². The summed E-state index contributed by atoms with van der Waals surface area (Å²) < 4.78 is 0.